The van der Waals surface area contributed by atoms with Crippen molar-refractivity contribution in [1.29, 1.82) is 5.26 Å². The number of hydrogen-bond donors (Lipinski definition) is 0. The van der Waals surface area contributed by atoms with Gasteiger partial charge in [-0.15, -0.1) is 11.8 Å². The lowest BCUT2D eigenvalue weighted by Crippen LogP contribution is -2.39. The molecule has 0 radical (unpaired) electrons. The molecule has 2 rings (SSSR count). The van der Waals surface area contributed by atoms with E-state index < -0.39 is 0 Å². The number of rotatable bonds is 2. The van der Waals surface area contributed by atoms with E-state index >= 15 is 0 Å². The van der Waals surface area contributed by atoms with Crippen LogP contribution in [0.15, 0.2) is 29.2 Å². The van der Waals surface area contributed by atoms with Crippen molar-refractivity contribution >= 4 is 23.4 Å². The number of piperidine rings is 1. The van der Waals surface area contributed by atoms with Gasteiger partial charge >= 0.3 is 0 Å². The lowest BCUT2D eigenvalue weighted by atomic mass is 9.98. The number of thioether (sulfide) groups is 1. The van der Waals surface area contributed by atoms with Gasteiger partial charge in [-0.1, -0.05) is 11.6 Å². The van der Waals surface area contributed by atoms with E-state index in [1.807, 2.05) is 24.3 Å². The standard InChI is InChI=1S/C13H15ClN2S/c1-16-7-6-10(8-15)13(9-16)17-12-4-2-11(14)3-5-12/h2-5,10,13H,6-7,9H2,1H3. The molecule has 0 spiro atoms. The van der Waals surface area contributed by atoms with Crippen LogP contribution in [0.1, 0.15) is 6.42 Å². The van der Waals surface area contributed by atoms with Gasteiger partial charge in [0.05, 0.1) is 12.0 Å². The molecule has 1 fully saturated rings. The quantitative estimate of drug-likeness (QED) is 0.822. The lowest BCUT2D eigenvalue weighted by Gasteiger charge is -2.32. The van der Waals surface area contributed by atoms with Gasteiger partial charge in [0.25, 0.3) is 0 Å². The highest BCUT2D eigenvalue weighted by molar-refractivity contribution is 8.00. The SMILES string of the molecule is CN1CCC(C#N)C(Sc2ccc(Cl)cc2)C1. The Morgan fingerprint density at radius 2 is 2.12 bits per heavy atom. The largest absolute Gasteiger partial charge is 0.305 e. The highest BCUT2D eigenvalue weighted by atomic mass is 35.5. The van der Waals surface area contributed by atoms with E-state index in [1.54, 1.807) is 11.8 Å². The number of halogens is 1. The molecule has 1 aliphatic heterocycles. The summed E-state index contributed by atoms with van der Waals surface area (Å²) in [4.78, 5) is 3.48. The molecule has 0 aliphatic carbocycles. The first-order valence-corrected chi connectivity index (χ1v) is 6.95. The Bertz CT molecular complexity index is 412. The second kappa shape index (κ2) is 5.77. The van der Waals surface area contributed by atoms with Crippen LogP contribution in [0.3, 0.4) is 0 Å². The van der Waals surface area contributed by atoms with Gasteiger partial charge in [0.2, 0.25) is 0 Å². The Labute approximate surface area is 112 Å². The smallest absolute Gasteiger partial charge is 0.0668 e. The maximum atomic E-state index is 9.17. The molecule has 0 aromatic heterocycles. The summed E-state index contributed by atoms with van der Waals surface area (Å²) in [6, 6.07) is 10.3. The summed E-state index contributed by atoms with van der Waals surface area (Å²) < 4.78 is 0. The zero-order valence-electron chi connectivity index (χ0n) is 9.77. The van der Waals surface area contributed by atoms with Crippen molar-refractivity contribution in [2.75, 3.05) is 20.1 Å². The summed E-state index contributed by atoms with van der Waals surface area (Å²) in [5, 5.41) is 10.3. The van der Waals surface area contributed by atoms with Crippen LogP contribution in [-0.2, 0) is 0 Å². The normalized spacial score (nSPS) is 25.5. The van der Waals surface area contributed by atoms with Gasteiger partial charge in [0.1, 0.15) is 0 Å². The second-order valence-corrected chi connectivity index (χ2v) is 6.15. The molecule has 4 heteroatoms. The van der Waals surface area contributed by atoms with Crippen LogP contribution in [-0.4, -0.2) is 30.3 Å². The van der Waals surface area contributed by atoms with Crippen LogP contribution in [0.25, 0.3) is 0 Å². The first kappa shape index (κ1) is 12.8. The average Bonchev–Trinajstić information content (AvgIpc) is 2.32. The molecule has 2 unspecified atom stereocenters. The Kier molecular flexibility index (Phi) is 4.33. The van der Waals surface area contributed by atoms with Gasteiger partial charge in [-0.2, -0.15) is 5.26 Å². The summed E-state index contributed by atoms with van der Waals surface area (Å²) in [5.41, 5.74) is 0. The third-order valence-electron chi connectivity index (χ3n) is 3.03. The van der Waals surface area contributed by atoms with E-state index in [0.29, 0.717) is 5.25 Å². The molecule has 17 heavy (non-hydrogen) atoms. The lowest BCUT2D eigenvalue weighted by molar-refractivity contribution is 0.254. The van der Waals surface area contributed by atoms with E-state index in [9.17, 15) is 0 Å². The Hall–Kier alpha value is -0.690. The summed E-state index contributed by atoms with van der Waals surface area (Å²) in [5.74, 6) is 0.159. The zero-order valence-corrected chi connectivity index (χ0v) is 11.3. The molecule has 1 aliphatic rings. The Balaban J connectivity index is 2.05. The van der Waals surface area contributed by atoms with Crippen LogP contribution in [0.4, 0.5) is 0 Å². The minimum Gasteiger partial charge on any atom is -0.305 e. The molecular formula is C13H15ClN2S. The maximum Gasteiger partial charge on any atom is 0.0668 e. The van der Waals surface area contributed by atoms with Crippen molar-refractivity contribution in [3.8, 4) is 6.07 Å². The highest BCUT2D eigenvalue weighted by Gasteiger charge is 2.28. The van der Waals surface area contributed by atoms with Crippen molar-refractivity contribution in [3.05, 3.63) is 29.3 Å². The van der Waals surface area contributed by atoms with E-state index in [0.717, 1.165) is 24.5 Å². The average molecular weight is 267 g/mol. The van der Waals surface area contributed by atoms with E-state index in [4.69, 9.17) is 16.9 Å². The van der Waals surface area contributed by atoms with Gasteiger partial charge in [0.15, 0.2) is 0 Å². The fourth-order valence-electron chi connectivity index (χ4n) is 2.03. The minimum absolute atomic E-state index is 0.159. The minimum atomic E-state index is 0.159. The molecule has 0 N–H and O–H groups in total. The van der Waals surface area contributed by atoms with Crippen LogP contribution in [0, 0.1) is 17.2 Å². The number of benzene rings is 1. The third kappa shape index (κ3) is 3.38. The van der Waals surface area contributed by atoms with E-state index in [-0.39, 0.29) is 5.92 Å². The van der Waals surface area contributed by atoms with E-state index in [2.05, 4.69) is 18.0 Å². The van der Waals surface area contributed by atoms with Gasteiger partial charge < -0.3 is 4.90 Å². The molecule has 2 nitrogen and oxygen atoms in total. The summed E-state index contributed by atoms with van der Waals surface area (Å²) in [6.45, 7) is 2.00. The molecule has 0 bridgehead atoms. The Morgan fingerprint density at radius 1 is 1.41 bits per heavy atom. The monoisotopic (exact) mass is 266 g/mol. The van der Waals surface area contributed by atoms with E-state index in [1.165, 1.54) is 4.90 Å². The van der Waals surface area contributed by atoms with Crippen molar-refractivity contribution in [1.82, 2.24) is 4.90 Å². The van der Waals surface area contributed by atoms with Crippen LogP contribution >= 0.6 is 23.4 Å². The predicted octanol–water partition coefficient (Wildman–Crippen LogP) is 3.28. The number of hydrogen-bond acceptors (Lipinski definition) is 3. The second-order valence-electron chi connectivity index (χ2n) is 4.40. The summed E-state index contributed by atoms with van der Waals surface area (Å²) in [6.07, 6.45) is 0.970. The predicted molar refractivity (Wildman–Crippen MR) is 72.3 cm³/mol. The van der Waals surface area contributed by atoms with Gasteiger partial charge in [0, 0.05) is 21.7 Å². The van der Waals surface area contributed by atoms with Crippen molar-refractivity contribution < 1.29 is 0 Å². The molecule has 1 saturated heterocycles. The van der Waals surface area contributed by atoms with Gasteiger partial charge in [-0.3, -0.25) is 0 Å². The maximum absolute atomic E-state index is 9.17. The van der Waals surface area contributed by atoms with Gasteiger partial charge in [-0.25, -0.2) is 0 Å². The fourth-order valence-corrected chi connectivity index (χ4v) is 3.49. The van der Waals surface area contributed by atoms with Crippen molar-refractivity contribution in [2.24, 2.45) is 5.92 Å². The molecule has 2 atom stereocenters. The molecule has 90 valence electrons. The van der Waals surface area contributed by atoms with Crippen molar-refractivity contribution in [3.63, 3.8) is 0 Å². The molecule has 1 aromatic carbocycles. The number of likely N-dealkylation sites (tertiary alicyclic amines) is 1. The Morgan fingerprint density at radius 3 is 2.76 bits per heavy atom. The first-order chi connectivity index (χ1) is 8.19. The van der Waals surface area contributed by atoms with Crippen LogP contribution in [0.5, 0.6) is 0 Å². The van der Waals surface area contributed by atoms with Crippen LogP contribution in [0.2, 0.25) is 5.02 Å². The number of nitriles is 1. The topological polar surface area (TPSA) is 27.0 Å². The molecular weight excluding hydrogens is 252 g/mol. The summed E-state index contributed by atoms with van der Waals surface area (Å²) >= 11 is 7.65. The van der Waals surface area contributed by atoms with Crippen molar-refractivity contribution in [2.45, 2.75) is 16.6 Å². The third-order valence-corrected chi connectivity index (χ3v) is 4.61. The zero-order chi connectivity index (χ0) is 12.3. The number of nitrogens with zero attached hydrogens (tertiary/aromatic N) is 2. The molecule has 0 amide bonds. The molecule has 1 heterocycles. The molecule has 0 saturated carbocycles. The van der Waals surface area contributed by atoms with Gasteiger partial charge in [-0.05, 0) is 44.3 Å². The fraction of sp³-hybridized carbons (Fsp3) is 0.462. The first-order valence-electron chi connectivity index (χ1n) is 5.69. The van der Waals surface area contributed by atoms with Crippen LogP contribution < -0.4 is 0 Å². The molecule has 1 aromatic rings. The summed E-state index contributed by atoms with van der Waals surface area (Å²) in [7, 11) is 2.11. The highest BCUT2D eigenvalue weighted by Crippen LogP contribution is 2.33.